The summed E-state index contributed by atoms with van der Waals surface area (Å²) in [4.78, 5) is 2.91. The predicted octanol–water partition coefficient (Wildman–Crippen LogP) is 6.71. The van der Waals surface area contributed by atoms with Crippen LogP contribution in [0.25, 0.3) is 11.1 Å². The van der Waals surface area contributed by atoms with Gasteiger partial charge in [-0.25, -0.2) is 4.39 Å². The molecule has 3 aliphatic heterocycles. The van der Waals surface area contributed by atoms with Crippen molar-refractivity contribution in [3.05, 3.63) is 58.9 Å². The van der Waals surface area contributed by atoms with E-state index in [1.165, 1.54) is 74.5 Å². The van der Waals surface area contributed by atoms with E-state index in [0.717, 1.165) is 23.6 Å². The molecule has 30 heavy (non-hydrogen) atoms. The molecule has 5 unspecified atom stereocenters. The number of fused-ring (bicyclic) bond motifs is 1. The molecule has 0 radical (unpaired) electrons. The first-order chi connectivity index (χ1) is 14.7. The highest BCUT2D eigenvalue weighted by molar-refractivity contribution is 5.71. The van der Waals surface area contributed by atoms with Gasteiger partial charge in [-0.1, -0.05) is 24.3 Å². The first kappa shape index (κ1) is 18.6. The summed E-state index contributed by atoms with van der Waals surface area (Å²) in [5.74, 6) is 1.11. The zero-order valence-electron chi connectivity index (χ0n) is 17.5. The van der Waals surface area contributed by atoms with Crippen LogP contribution in [0.3, 0.4) is 0 Å². The maximum absolute atomic E-state index is 14.4. The highest BCUT2D eigenvalue weighted by Crippen LogP contribution is 2.53. The summed E-state index contributed by atoms with van der Waals surface area (Å²) in [6.45, 7) is 0. The van der Waals surface area contributed by atoms with Gasteiger partial charge in [0.25, 0.3) is 0 Å². The van der Waals surface area contributed by atoms with Gasteiger partial charge in [0.05, 0.1) is 5.56 Å². The molecule has 0 spiro atoms. The summed E-state index contributed by atoms with van der Waals surface area (Å²) in [5, 5.41) is 9.12. The minimum atomic E-state index is -0.409. The summed E-state index contributed by atoms with van der Waals surface area (Å²) in [7, 11) is 0. The number of nitrogens with zero attached hydrogens (tertiary/aromatic N) is 2. The van der Waals surface area contributed by atoms with Gasteiger partial charge in [0.15, 0.2) is 0 Å². The van der Waals surface area contributed by atoms with Gasteiger partial charge in [0.2, 0.25) is 0 Å². The molecule has 4 bridgehead atoms. The molecular weight excluding hydrogens is 371 g/mol. The van der Waals surface area contributed by atoms with Crippen LogP contribution >= 0.6 is 0 Å². The molecule has 2 aromatic carbocycles. The lowest BCUT2D eigenvalue weighted by molar-refractivity contribution is 0.127. The van der Waals surface area contributed by atoms with Gasteiger partial charge >= 0.3 is 0 Å². The zero-order chi connectivity index (χ0) is 20.2. The molecule has 154 valence electrons. The molecule has 3 heteroatoms. The third-order valence-corrected chi connectivity index (χ3v) is 8.28. The summed E-state index contributed by atoms with van der Waals surface area (Å²) >= 11 is 0. The van der Waals surface area contributed by atoms with E-state index in [4.69, 9.17) is 5.26 Å². The van der Waals surface area contributed by atoms with Gasteiger partial charge in [0.1, 0.15) is 11.9 Å². The van der Waals surface area contributed by atoms with Gasteiger partial charge in [-0.2, -0.15) is 5.26 Å². The third-order valence-electron chi connectivity index (χ3n) is 8.28. The van der Waals surface area contributed by atoms with E-state index in [0.29, 0.717) is 12.0 Å². The lowest BCUT2D eigenvalue weighted by Crippen LogP contribution is -2.38. The fraction of sp³-hybridized carbons (Fsp3) is 0.519. The monoisotopic (exact) mass is 400 g/mol. The molecule has 0 amide bonds. The van der Waals surface area contributed by atoms with E-state index in [1.54, 1.807) is 12.1 Å². The largest absolute Gasteiger partial charge is 0.290 e. The van der Waals surface area contributed by atoms with Crippen molar-refractivity contribution in [3.63, 3.8) is 0 Å². The molecule has 6 rings (SSSR count). The fourth-order valence-electron chi connectivity index (χ4n) is 6.80. The van der Waals surface area contributed by atoms with Crippen LogP contribution in [0, 0.1) is 23.1 Å². The number of halogens is 1. The third kappa shape index (κ3) is 3.00. The fourth-order valence-corrected chi connectivity index (χ4v) is 6.80. The van der Waals surface area contributed by atoms with Crippen LogP contribution in [-0.4, -0.2) is 17.0 Å². The number of hydrogen-bond acceptors (Lipinski definition) is 2. The average molecular weight is 401 g/mol. The number of hydrogen-bond donors (Lipinski definition) is 0. The van der Waals surface area contributed by atoms with E-state index in [1.807, 2.05) is 12.1 Å². The van der Waals surface area contributed by atoms with Crippen LogP contribution in [0.1, 0.15) is 86.4 Å². The van der Waals surface area contributed by atoms with Crippen LogP contribution < -0.4 is 0 Å². The summed E-state index contributed by atoms with van der Waals surface area (Å²) < 4.78 is 14.4. The van der Waals surface area contributed by atoms with Crippen LogP contribution in [0.5, 0.6) is 0 Å². The Morgan fingerprint density at radius 2 is 1.70 bits per heavy atom. The Hall–Kier alpha value is -2.18. The van der Waals surface area contributed by atoms with E-state index >= 15 is 0 Å². The van der Waals surface area contributed by atoms with Crippen LogP contribution in [0.4, 0.5) is 4.39 Å². The van der Waals surface area contributed by atoms with Gasteiger partial charge in [-0.15, -0.1) is 0 Å². The van der Waals surface area contributed by atoms with E-state index < -0.39 is 5.82 Å². The normalized spacial score (nSPS) is 32.5. The minimum absolute atomic E-state index is 0.127. The highest BCUT2D eigenvalue weighted by Gasteiger charge is 2.45. The second kappa shape index (κ2) is 7.20. The lowest BCUT2D eigenvalue weighted by Gasteiger charge is -2.37. The van der Waals surface area contributed by atoms with Crippen molar-refractivity contribution in [2.45, 2.75) is 81.8 Å². The highest BCUT2D eigenvalue weighted by atomic mass is 19.1. The number of benzene rings is 2. The topological polar surface area (TPSA) is 27.0 Å². The first-order valence-corrected chi connectivity index (χ1v) is 11.8. The average Bonchev–Trinajstić information content (AvgIpc) is 3.55. The maximum Gasteiger partial charge on any atom is 0.141 e. The Balaban J connectivity index is 1.47. The van der Waals surface area contributed by atoms with Gasteiger partial charge < -0.3 is 0 Å². The maximum atomic E-state index is 14.4. The van der Waals surface area contributed by atoms with Crippen molar-refractivity contribution in [2.24, 2.45) is 5.92 Å². The molecule has 3 saturated heterocycles. The Kier molecular flexibility index (Phi) is 4.46. The number of nitriles is 1. The van der Waals surface area contributed by atoms with Gasteiger partial charge in [-0.05, 0) is 104 Å². The number of rotatable bonds is 3. The molecular formula is C27H29FN2. The minimum Gasteiger partial charge on any atom is -0.290 e. The van der Waals surface area contributed by atoms with Crippen molar-refractivity contribution in [1.82, 2.24) is 4.90 Å². The summed E-state index contributed by atoms with van der Waals surface area (Å²) in [5.41, 5.74) is 5.21. The molecule has 2 nitrogen and oxygen atoms in total. The van der Waals surface area contributed by atoms with Gasteiger partial charge in [0, 0.05) is 18.1 Å². The van der Waals surface area contributed by atoms with E-state index in [-0.39, 0.29) is 5.56 Å². The van der Waals surface area contributed by atoms with Crippen molar-refractivity contribution in [1.29, 1.82) is 5.26 Å². The SMILES string of the molecule is N#Cc1ccc(-c2cccc(C3CCC4CCC5CCC(C4)N53)c2C2CC2)cc1F. The van der Waals surface area contributed by atoms with E-state index in [2.05, 4.69) is 23.1 Å². The molecule has 0 N–H and O–H groups in total. The van der Waals surface area contributed by atoms with Crippen LogP contribution in [-0.2, 0) is 0 Å². The predicted molar refractivity (Wildman–Crippen MR) is 116 cm³/mol. The quantitative estimate of drug-likeness (QED) is 0.572. The standard InChI is InChI=1S/C27H29FN2/c28-25-15-19(8-9-20(25)16-29)23-2-1-3-24(27(23)18-6-7-18)26-13-5-17-4-10-21-11-12-22(14-17)30(21)26/h1-3,8-9,15,17-18,21-22,26H,4-7,10-14H2. The van der Waals surface area contributed by atoms with Crippen molar-refractivity contribution < 1.29 is 4.39 Å². The van der Waals surface area contributed by atoms with Crippen molar-refractivity contribution >= 4 is 0 Å². The molecule has 0 aromatic heterocycles. The Morgan fingerprint density at radius 1 is 0.900 bits per heavy atom. The van der Waals surface area contributed by atoms with Crippen LogP contribution in [0.2, 0.25) is 0 Å². The van der Waals surface area contributed by atoms with Crippen molar-refractivity contribution in [2.75, 3.05) is 0 Å². The smallest absolute Gasteiger partial charge is 0.141 e. The summed E-state index contributed by atoms with van der Waals surface area (Å²) in [6.07, 6.45) is 12.0. The lowest BCUT2D eigenvalue weighted by atomic mass is 9.83. The molecule has 1 saturated carbocycles. The molecule has 4 fully saturated rings. The molecule has 4 aliphatic rings. The van der Waals surface area contributed by atoms with E-state index in [9.17, 15) is 4.39 Å². The summed E-state index contributed by atoms with van der Waals surface area (Å²) in [6, 6.07) is 15.8. The van der Waals surface area contributed by atoms with Crippen LogP contribution in [0.15, 0.2) is 36.4 Å². The Morgan fingerprint density at radius 3 is 2.50 bits per heavy atom. The zero-order valence-corrected chi connectivity index (χ0v) is 17.5. The molecule has 1 aliphatic carbocycles. The first-order valence-electron chi connectivity index (χ1n) is 11.8. The molecule has 2 aromatic rings. The second-order valence-corrected chi connectivity index (χ2v) is 9.99. The Bertz CT molecular complexity index is 1020. The molecule has 5 atom stereocenters. The molecule has 3 heterocycles. The van der Waals surface area contributed by atoms with Gasteiger partial charge in [-0.3, -0.25) is 4.90 Å². The van der Waals surface area contributed by atoms with Crippen molar-refractivity contribution in [3.8, 4) is 17.2 Å². The Labute approximate surface area is 178 Å². The second-order valence-electron chi connectivity index (χ2n) is 9.99.